The van der Waals surface area contributed by atoms with Gasteiger partial charge in [-0.05, 0) is 61.7 Å². The number of rotatable bonds is 7. The molecule has 3 heterocycles. The average Bonchev–Trinajstić information content (AvgIpc) is 3.54. The van der Waals surface area contributed by atoms with Gasteiger partial charge in [-0.1, -0.05) is 18.3 Å². The van der Waals surface area contributed by atoms with Gasteiger partial charge in [0.15, 0.2) is 15.0 Å². The largest absolute Gasteiger partial charge is 0.491 e. The van der Waals surface area contributed by atoms with E-state index >= 15 is 4.39 Å². The Bertz CT molecular complexity index is 1450. The van der Waals surface area contributed by atoms with Crippen molar-refractivity contribution < 1.29 is 22.3 Å². The van der Waals surface area contributed by atoms with E-state index in [1.54, 1.807) is 23.2 Å². The van der Waals surface area contributed by atoms with Crippen molar-refractivity contribution in [3.05, 3.63) is 59.0 Å². The lowest BCUT2D eigenvalue weighted by molar-refractivity contribution is 0.0731. The Morgan fingerprint density at radius 3 is 2.89 bits per heavy atom. The van der Waals surface area contributed by atoms with Crippen LogP contribution in [0.25, 0.3) is 10.4 Å². The molecule has 0 aliphatic carbocycles. The summed E-state index contributed by atoms with van der Waals surface area (Å²) in [6.45, 7) is 4.52. The van der Waals surface area contributed by atoms with Crippen LogP contribution in [-0.2, 0) is 22.8 Å². The van der Waals surface area contributed by atoms with E-state index in [2.05, 4.69) is 15.6 Å². The number of hydrogen-bond acceptors (Lipinski definition) is 8. The lowest BCUT2D eigenvalue weighted by atomic mass is 10.0. The maximum Gasteiger partial charge on any atom is 0.254 e. The third-order valence-electron chi connectivity index (χ3n) is 6.97. The van der Waals surface area contributed by atoms with Gasteiger partial charge in [0.1, 0.15) is 23.1 Å². The SMILES string of the molecule is CCc1c(C(=O)N2CCOc3ccc(-c4cnc(NC[C@H]5CCCN5)s4)cc3C2)ccc(S(C)(=O)=O)c1F. The highest BCUT2D eigenvalue weighted by Gasteiger charge is 2.27. The number of nitrogens with zero attached hydrogens (tertiary/aromatic N) is 2. The summed E-state index contributed by atoms with van der Waals surface area (Å²) in [5.74, 6) is -0.506. The molecule has 2 aliphatic rings. The predicted molar refractivity (Wildman–Crippen MR) is 146 cm³/mol. The fourth-order valence-electron chi connectivity index (χ4n) is 4.95. The van der Waals surface area contributed by atoms with Crippen LogP contribution in [0.1, 0.15) is 41.3 Å². The predicted octanol–water partition coefficient (Wildman–Crippen LogP) is 4.11. The summed E-state index contributed by atoms with van der Waals surface area (Å²) in [7, 11) is -3.75. The van der Waals surface area contributed by atoms with Crippen LogP contribution in [0.2, 0.25) is 0 Å². The summed E-state index contributed by atoms with van der Waals surface area (Å²) >= 11 is 1.58. The highest BCUT2D eigenvalue weighted by atomic mass is 32.2. The van der Waals surface area contributed by atoms with E-state index in [9.17, 15) is 13.2 Å². The first-order valence-corrected chi connectivity index (χ1v) is 15.4. The van der Waals surface area contributed by atoms with E-state index in [0.29, 0.717) is 24.9 Å². The minimum absolute atomic E-state index is 0.106. The van der Waals surface area contributed by atoms with Crippen LogP contribution in [0.15, 0.2) is 41.4 Å². The molecule has 0 unspecified atom stereocenters. The van der Waals surface area contributed by atoms with Gasteiger partial charge in [-0.25, -0.2) is 17.8 Å². The summed E-state index contributed by atoms with van der Waals surface area (Å²) in [6.07, 6.45) is 5.37. The number of ether oxygens (including phenoxy) is 1. The van der Waals surface area contributed by atoms with Crippen LogP contribution in [0.5, 0.6) is 5.75 Å². The van der Waals surface area contributed by atoms with Crippen molar-refractivity contribution in [2.24, 2.45) is 0 Å². The van der Waals surface area contributed by atoms with E-state index in [1.807, 2.05) is 24.4 Å². The molecule has 2 N–H and O–H groups in total. The molecule has 1 fully saturated rings. The zero-order valence-electron chi connectivity index (χ0n) is 21.4. The minimum atomic E-state index is -3.75. The van der Waals surface area contributed by atoms with E-state index in [4.69, 9.17) is 4.74 Å². The summed E-state index contributed by atoms with van der Waals surface area (Å²) in [6, 6.07) is 8.96. The molecule has 3 aromatic rings. The van der Waals surface area contributed by atoms with E-state index in [1.165, 1.54) is 25.0 Å². The second-order valence-corrected chi connectivity index (χ2v) is 12.6. The molecule has 1 saturated heterocycles. The molecule has 38 heavy (non-hydrogen) atoms. The highest BCUT2D eigenvalue weighted by molar-refractivity contribution is 7.90. The summed E-state index contributed by atoms with van der Waals surface area (Å²) in [5, 5.41) is 7.75. The first kappa shape index (κ1) is 26.6. The molecule has 8 nitrogen and oxygen atoms in total. The van der Waals surface area contributed by atoms with Crippen molar-refractivity contribution in [3.8, 4) is 16.2 Å². The molecular formula is C27H31FN4O4S2. The average molecular weight is 559 g/mol. The molecule has 0 saturated carbocycles. The van der Waals surface area contributed by atoms with Crippen LogP contribution in [0, 0.1) is 5.82 Å². The number of fused-ring (bicyclic) bond motifs is 1. The molecule has 0 bridgehead atoms. The fourth-order valence-corrected chi connectivity index (χ4v) is 6.54. The van der Waals surface area contributed by atoms with Gasteiger partial charge >= 0.3 is 0 Å². The lowest BCUT2D eigenvalue weighted by Gasteiger charge is -2.22. The van der Waals surface area contributed by atoms with Gasteiger partial charge in [-0.2, -0.15) is 0 Å². The number of thiazole rings is 1. The van der Waals surface area contributed by atoms with Crippen LogP contribution < -0.4 is 15.4 Å². The van der Waals surface area contributed by atoms with Gasteiger partial charge in [-0.3, -0.25) is 4.79 Å². The molecule has 1 atom stereocenters. The zero-order valence-corrected chi connectivity index (χ0v) is 23.1. The van der Waals surface area contributed by atoms with Crippen molar-refractivity contribution >= 4 is 32.2 Å². The Morgan fingerprint density at radius 1 is 1.32 bits per heavy atom. The summed E-state index contributed by atoms with van der Waals surface area (Å²) in [5.41, 5.74) is 2.10. The minimum Gasteiger partial charge on any atom is -0.491 e. The maximum absolute atomic E-state index is 15.1. The molecule has 11 heteroatoms. The van der Waals surface area contributed by atoms with Gasteiger partial charge in [-0.15, -0.1) is 0 Å². The van der Waals surface area contributed by atoms with Crippen molar-refractivity contribution in [1.29, 1.82) is 0 Å². The number of amides is 1. The molecule has 1 aromatic heterocycles. The number of benzene rings is 2. The number of anilines is 1. The Morgan fingerprint density at radius 2 is 2.16 bits per heavy atom. The van der Waals surface area contributed by atoms with Crippen molar-refractivity contribution in [1.82, 2.24) is 15.2 Å². The summed E-state index contributed by atoms with van der Waals surface area (Å²) < 4.78 is 44.9. The first-order chi connectivity index (χ1) is 18.2. The highest BCUT2D eigenvalue weighted by Crippen LogP contribution is 2.34. The van der Waals surface area contributed by atoms with Crippen LogP contribution in [0.3, 0.4) is 0 Å². The van der Waals surface area contributed by atoms with Crippen LogP contribution >= 0.6 is 11.3 Å². The molecule has 0 spiro atoms. The molecule has 2 aromatic carbocycles. The molecule has 2 aliphatic heterocycles. The van der Waals surface area contributed by atoms with Crippen molar-refractivity contribution in [3.63, 3.8) is 0 Å². The Balaban J connectivity index is 1.36. The quantitative estimate of drug-likeness (QED) is 0.450. The zero-order chi connectivity index (χ0) is 26.9. The van der Waals surface area contributed by atoms with E-state index in [-0.39, 0.29) is 30.0 Å². The molecule has 5 rings (SSSR count). The third kappa shape index (κ3) is 5.55. The molecule has 0 radical (unpaired) electrons. The Hall–Kier alpha value is -3.02. The number of halogens is 1. The smallest absolute Gasteiger partial charge is 0.254 e. The number of nitrogens with one attached hydrogen (secondary N) is 2. The standard InChI is InChI=1S/C27H31FN4O4S2/c1-3-20-21(7-9-24(25(20)28)38(2,34)35)26(33)32-11-12-36-22-8-6-17(13-18(22)16-32)23-15-31-27(37-23)30-14-19-5-4-10-29-19/h6-9,13,15,19,29H,3-5,10-12,14,16H2,1-2H3,(H,30,31)/t19-/m1/s1. The van der Waals surface area contributed by atoms with Gasteiger partial charge in [0.05, 0.1) is 11.4 Å². The van der Waals surface area contributed by atoms with Crippen molar-refractivity contribution in [2.45, 2.75) is 43.7 Å². The van der Waals surface area contributed by atoms with E-state index in [0.717, 1.165) is 40.5 Å². The van der Waals surface area contributed by atoms with Crippen LogP contribution in [-0.4, -0.2) is 62.7 Å². The molecule has 1 amide bonds. The second kappa shape index (κ2) is 11.0. The maximum atomic E-state index is 15.1. The van der Waals surface area contributed by atoms with Gasteiger partial charge in [0, 0.05) is 48.3 Å². The summed E-state index contributed by atoms with van der Waals surface area (Å²) in [4.78, 5) is 20.3. The number of hydrogen-bond donors (Lipinski definition) is 2. The fraction of sp³-hybridized carbons (Fsp3) is 0.407. The number of carbonyl (C=O) groups is 1. The number of aromatic nitrogens is 1. The molecular weight excluding hydrogens is 527 g/mol. The van der Waals surface area contributed by atoms with Gasteiger partial charge in [0.25, 0.3) is 5.91 Å². The Labute approximate surface area is 226 Å². The van der Waals surface area contributed by atoms with Gasteiger partial charge < -0.3 is 20.3 Å². The second-order valence-electron chi connectivity index (χ2n) is 9.63. The molecule has 202 valence electrons. The first-order valence-electron chi connectivity index (χ1n) is 12.7. The topological polar surface area (TPSA) is 101 Å². The number of carbonyl (C=O) groups excluding carboxylic acids is 1. The van der Waals surface area contributed by atoms with Gasteiger partial charge in [0.2, 0.25) is 0 Å². The van der Waals surface area contributed by atoms with Crippen LogP contribution in [0.4, 0.5) is 9.52 Å². The van der Waals surface area contributed by atoms with Crippen molar-refractivity contribution in [2.75, 3.05) is 37.8 Å². The monoisotopic (exact) mass is 558 g/mol. The Kier molecular flexibility index (Phi) is 7.69. The normalized spacial score (nSPS) is 17.6. The van der Waals surface area contributed by atoms with E-state index < -0.39 is 20.5 Å². The third-order valence-corrected chi connectivity index (χ3v) is 9.09. The lowest BCUT2D eigenvalue weighted by Crippen LogP contribution is -2.33. The number of sulfone groups is 1.